The van der Waals surface area contributed by atoms with Crippen molar-refractivity contribution in [1.29, 1.82) is 0 Å². The summed E-state index contributed by atoms with van der Waals surface area (Å²) in [5.41, 5.74) is 13.8. The second kappa shape index (κ2) is 7.41. The van der Waals surface area contributed by atoms with Gasteiger partial charge in [-0.25, -0.2) is 15.0 Å². The van der Waals surface area contributed by atoms with E-state index >= 15 is 0 Å². The minimum Gasteiger partial charge on any atom is -0.384 e. The monoisotopic (exact) mass is 337 g/mol. The molecule has 0 atom stereocenters. The van der Waals surface area contributed by atoms with Crippen LogP contribution in [0.1, 0.15) is 6.92 Å². The molecule has 6 N–H and O–H groups in total. The van der Waals surface area contributed by atoms with Gasteiger partial charge < -0.3 is 16.8 Å². The van der Waals surface area contributed by atoms with E-state index in [1.54, 1.807) is 30.9 Å². The van der Waals surface area contributed by atoms with E-state index in [2.05, 4.69) is 30.5 Å². The van der Waals surface area contributed by atoms with Crippen molar-refractivity contribution in [1.82, 2.24) is 29.5 Å². The van der Waals surface area contributed by atoms with Crippen LogP contribution in [0.5, 0.6) is 0 Å². The molecule has 0 saturated heterocycles. The highest BCUT2D eigenvalue weighted by Crippen LogP contribution is 2.24. The van der Waals surface area contributed by atoms with Crippen molar-refractivity contribution in [3.05, 3.63) is 49.3 Å². The second-order valence-corrected chi connectivity index (χ2v) is 5.10. The average molecular weight is 337 g/mol. The lowest BCUT2D eigenvalue weighted by Crippen LogP contribution is -1.99. The molecule has 0 fully saturated rings. The molecule has 4 rings (SSSR count). The standard InChI is InChI=1S/C14H12N8.C2H7N/c15-12-2-1-10(7-17-12)21-13-14-18-8-11(9-5-19-20-6-9)22(14)4-3-16-13;1-2-3/h1-8H,(H2,15,17)(H,16,21)(H,19,20);2-3H2,1H3. The van der Waals surface area contributed by atoms with Crippen LogP contribution in [-0.2, 0) is 0 Å². The van der Waals surface area contributed by atoms with Crippen LogP contribution in [0, 0.1) is 0 Å². The number of pyridine rings is 1. The molecule has 0 bridgehead atoms. The molecule has 4 aromatic heterocycles. The van der Waals surface area contributed by atoms with Gasteiger partial charge in [-0.15, -0.1) is 0 Å². The SMILES string of the molecule is CCN.Nc1ccc(Nc2nccn3c(-c4cn[nH]c4)cnc23)cn1. The number of fused-ring (bicyclic) bond motifs is 1. The fourth-order valence-electron chi connectivity index (χ4n) is 2.23. The van der Waals surface area contributed by atoms with Crippen molar-refractivity contribution in [2.75, 3.05) is 17.6 Å². The van der Waals surface area contributed by atoms with Crippen molar-refractivity contribution >= 4 is 23.0 Å². The summed E-state index contributed by atoms with van der Waals surface area (Å²) in [7, 11) is 0. The molecule has 0 saturated carbocycles. The number of nitrogens with one attached hydrogen (secondary N) is 2. The van der Waals surface area contributed by atoms with Crippen LogP contribution in [0.25, 0.3) is 16.9 Å². The molecule has 0 amide bonds. The molecule has 9 heteroatoms. The number of H-pyrrole nitrogens is 1. The topological polar surface area (TPSA) is 136 Å². The molecule has 4 heterocycles. The van der Waals surface area contributed by atoms with E-state index in [9.17, 15) is 0 Å². The molecule has 0 unspecified atom stereocenters. The van der Waals surface area contributed by atoms with Gasteiger partial charge in [0.1, 0.15) is 5.82 Å². The highest BCUT2D eigenvalue weighted by atomic mass is 15.1. The maximum absolute atomic E-state index is 5.59. The minimum atomic E-state index is 0.472. The van der Waals surface area contributed by atoms with Crippen LogP contribution in [0.15, 0.2) is 49.3 Å². The number of hydrogen-bond donors (Lipinski definition) is 4. The summed E-state index contributed by atoms with van der Waals surface area (Å²) in [5, 5.41) is 9.96. The number of aromatic amines is 1. The first-order valence-corrected chi connectivity index (χ1v) is 7.72. The molecular weight excluding hydrogens is 318 g/mol. The first-order valence-electron chi connectivity index (χ1n) is 7.72. The molecular formula is C16H19N9. The van der Waals surface area contributed by atoms with Crippen LogP contribution in [-0.4, -0.2) is 36.1 Å². The summed E-state index contributed by atoms with van der Waals surface area (Å²) < 4.78 is 1.95. The smallest absolute Gasteiger partial charge is 0.180 e. The molecule has 0 aromatic carbocycles. The number of rotatable bonds is 3. The average Bonchev–Trinajstić information content (AvgIpc) is 3.27. The number of aromatic nitrogens is 6. The van der Waals surface area contributed by atoms with Crippen molar-refractivity contribution in [2.24, 2.45) is 5.73 Å². The summed E-state index contributed by atoms with van der Waals surface area (Å²) in [6, 6.07) is 3.57. The van der Waals surface area contributed by atoms with Gasteiger partial charge in [0.15, 0.2) is 11.5 Å². The number of nitrogens with zero attached hydrogens (tertiary/aromatic N) is 5. The second-order valence-electron chi connectivity index (χ2n) is 5.10. The maximum Gasteiger partial charge on any atom is 0.180 e. The van der Waals surface area contributed by atoms with Crippen molar-refractivity contribution < 1.29 is 0 Å². The summed E-state index contributed by atoms with van der Waals surface area (Å²) in [6.07, 6.45) is 10.6. The Kier molecular flexibility index (Phi) is 4.86. The Hall–Kier alpha value is -3.46. The summed E-state index contributed by atoms with van der Waals surface area (Å²) >= 11 is 0. The van der Waals surface area contributed by atoms with Gasteiger partial charge in [0, 0.05) is 24.2 Å². The fraction of sp³-hybridized carbons (Fsp3) is 0.125. The van der Waals surface area contributed by atoms with Gasteiger partial charge in [0.05, 0.1) is 30.0 Å². The van der Waals surface area contributed by atoms with Crippen molar-refractivity contribution in [3.8, 4) is 11.3 Å². The largest absolute Gasteiger partial charge is 0.384 e. The minimum absolute atomic E-state index is 0.472. The van der Waals surface area contributed by atoms with Gasteiger partial charge in [-0.3, -0.25) is 9.50 Å². The first kappa shape index (κ1) is 16.4. The van der Waals surface area contributed by atoms with E-state index in [1.165, 1.54) is 0 Å². The van der Waals surface area contributed by atoms with E-state index in [0.717, 1.165) is 29.1 Å². The lowest BCUT2D eigenvalue weighted by Gasteiger charge is -2.07. The summed E-state index contributed by atoms with van der Waals surface area (Å²) in [5.74, 6) is 1.11. The Bertz CT molecular complexity index is 926. The molecule has 0 spiro atoms. The quantitative estimate of drug-likeness (QED) is 0.447. The number of imidazole rings is 1. The third kappa shape index (κ3) is 3.56. The Morgan fingerprint density at radius 3 is 2.68 bits per heavy atom. The molecule has 4 aromatic rings. The molecule has 0 aliphatic carbocycles. The molecule has 0 aliphatic heterocycles. The maximum atomic E-state index is 5.59. The predicted octanol–water partition coefficient (Wildman–Crippen LogP) is 1.81. The fourth-order valence-corrected chi connectivity index (χ4v) is 2.23. The van der Waals surface area contributed by atoms with Gasteiger partial charge in [0.25, 0.3) is 0 Å². The highest BCUT2D eigenvalue weighted by Gasteiger charge is 2.11. The number of nitrogens with two attached hydrogens (primary N) is 2. The van der Waals surface area contributed by atoms with E-state index < -0.39 is 0 Å². The Morgan fingerprint density at radius 1 is 1.16 bits per heavy atom. The van der Waals surface area contributed by atoms with Crippen LogP contribution in [0.2, 0.25) is 0 Å². The lowest BCUT2D eigenvalue weighted by atomic mass is 10.3. The predicted molar refractivity (Wildman–Crippen MR) is 97.2 cm³/mol. The number of hydrogen-bond acceptors (Lipinski definition) is 7. The molecule has 9 nitrogen and oxygen atoms in total. The molecule has 0 aliphatic rings. The lowest BCUT2D eigenvalue weighted by molar-refractivity contribution is 1.09. The van der Waals surface area contributed by atoms with Crippen molar-refractivity contribution in [3.63, 3.8) is 0 Å². The number of anilines is 3. The van der Waals surface area contributed by atoms with Crippen LogP contribution in [0.4, 0.5) is 17.3 Å². The van der Waals surface area contributed by atoms with E-state index in [4.69, 9.17) is 11.5 Å². The van der Waals surface area contributed by atoms with Gasteiger partial charge in [0.2, 0.25) is 0 Å². The van der Waals surface area contributed by atoms with Crippen LogP contribution in [0.3, 0.4) is 0 Å². The van der Waals surface area contributed by atoms with Crippen molar-refractivity contribution in [2.45, 2.75) is 6.92 Å². The third-order valence-electron chi connectivity index (χ3n) is 3.27. The summed E-state index contributed by atoms with van der Waals surface area (Å²) in [4.78, 5) is 12.8. The summed E-state index contributed by atoms with van der Waals surface area (Å²) in [6.45, 7) is 2.65. The zero-order chi connectivity index (χ0) is 17.6. The Balaban J connectivity index is 0.000000569. The normalized spacial score (nSPS) is 10.3. The molecule has 25 heavy (non-hydrogen) atoms. The number of nitrogen functional groups attached to an aromatic ring is 1. The zero-order valence-electron chi connectivity index (χ0n) is 13.7. The zero-order valence-corrected chi connectivity index (χ0v) is 13.7. The van der Waals surface area contributed by atoms with Gasteiger partial charge >= 0.3 is 0 Å². The van der Waals surface area contributed by atoms with Gasteiger partial charge in [-0.1, -0.05) is 6.92 Å². The van der Waals surface area contributed by atoms with Gasteiger partial charge in [-0.05, 0) is 18.7 Å². The first-order chi connectivity index (χ1) is 12.2. The van der Waals surface area contributed by atoms with Gasteiger partial charge in [-0.2, -0.15) is 5.10 Å². The van der Waals surface area contributed by atoms with Crippen LogP contribution >= 0.6 is 0 Å². The van der Waals surface area contributed by atoms with E-state index in [1.807, 2.05) is 29.8 Å². The van der Waals surface area contributed by atoms with Crippen LogP contribution < -0.4 is 16.8 Å². The Morgan fingerprint density at radius 2 is 2.00 bits per heavy atom. The molecule has 128 valence electrons. The Labute approximate surface area is 144 Å². The highest BCUT2D eigenvalue weighted by molar-refractivity contribution is 5.73. The van der Waals surface area contributed by atoms with E-state index in [-0.39, 0.29) is 0 Å². The third-order valence-corrected chi connectivity index (χ3v) is 3.27. The van der Waals surface area contributed by atoms with E-state index in [0.29, 0.717) is 11.6 Å². The molecule has 0 radical (unpaired) electrons.